The molecule has 4 aliphatic rings. The number of anilines is 1. The van der Waals surface area contributed by atoms with Crippen molar-refractivity contribution in [3.63, 3.8) is 0 Å². The summed E-state index contributed by atoms with van der Waals surface area (Å²) in [7, 11) is 0. The number of nitrogens with one attached hydrogen (secondary N) is 1. The van der Waals surface area contributed by atoms with Crippen molar-refractivity contribution < 1.29 is 9.90 Å². The highest BCUT2D eigenvalue weighted by Gasteiger charge is 2.64. The van der Waals surface area contributed by atoms with Crippen molar-refractivity contribution >= 4 is 23.3 Å². The average molecular weight is 322 g/mol. The minimum Gasteiger partial charge on any atom is -0.390 e. The quantitative estimate of drug-likeness (QED) is 0.794. The number of pyridine rings is 1. The van der Waals surface area contributed by atoms with Crippen LogP contribution >= 0.6 is 11.6 Å². The number of nitrogens with two attached hydrogens (primary N) is 1. The van der Waals surface area contributed by atoms with Crippen LogP contribution in [0.3, 0.4) is 0 Å². The SMILES string of the molecule is NC(=O)C12CC3CC(CC(O)(C3)C1)C2Nc1ccc(Cl)cn1. The van der Waals surface area contributed by atoms with Gasteiger partial charge in [0, 0.05) is 12.2 Å². The highest BCUT2D eigenvalue weighted by molar-refractivity contribution is 6.30. The normalized spacial score (nSPS) is 42.4. The monoisotopic (exact) mass is 321 g/mol. The molecule has 0 aromatic carbocycles. The van der Waals surface area contributed by atoms with E-state index in [4.69, 9.17) is 17.3 Å². The largest absolute Gasteiger partial charge is 0.390 e. The Morgan fingerprint density at radius 1 is 1.41 bits per heavy atom. The molecule has 6 heteroatoms. The summed E-state index contributed by atoms with van der Waals surface area (Å²) in [5.41, 5.74) is 4.40. The molecule has 118 valence electrons. The third kappa shape index (κ3) is 2.02. The van der Waals surface area contributed by atoms with E-state index in [1.807, 2.05) is 6.07 Å². The van der Waals surface area contributed by atoms with Crippen LogP contribution in [0.1, 0.15) is 32.1 Å². The molecule has 1 amide bonds. The van der Waals surface area contributed by atoms with Gasteiger partial charge in [0.15, 0.2) is 0 Å². The van der Waals surface area contributed by atoms with Gasteiger partial charge in [-0.2, -0.15) is 0 Å². The van der Waals surface area contributed by atoms with Gasteiger partial charge in [-0.15, -0.1) is 0 Å². The lowest BCUT2D eigenvalue weighted by atomic mass is 9.45. The number of rotatable bonds is 3. The summed E-state index contributed by atoms with van der Waals surface area (Å²) in [5, 5.41) is 14.8. The average Bonchev–Trinajstić information content (AvgIpc) is 2.43. The number of aliphatic hydroxyl groups is 1. The number of nitrogens with zero attached hydrogens (tertiary/aromatic N) is 1. The lowest BCUT2D eigenvalue weighted by molar-refractivity contribution is -0.179. The first-order valence-electron chi connectivity index (χ1n) is 7.81. The van der Waals surface area contributed by atoms with Crippen LogP contribution in [0.15, 0.2) is 18.3 Å². The second-order valence-electron chi connectivity index (χ2n) is 7.38. The van der Waals surface area contributed by atoms with Crippen LogP contribution in [0.4, 0.5) is 5.82 Å². The summed E-state index contributed by atoms with van der Waals surface area (Å²) in [5.74, 6) is 1.07. The minimum atomic E-state index is -0.716. The van der Waals surface area contributed by atoms with E-state index in [0.717, 1.165) is 25.7 Å². The summed E-state index contributed by atoms with van der Waals surface area (Å²) in [6.45, 7) is 0. The van der Waals surface area contributed by atoms with Gasteiger partial charge in [0.1, 0.15) is 5.82 Å². The van der Waals surface area contributed by atoms with Crippen LogP contribution in [0, 0.1) is 17.3 Å². The first-order valence-corrected chi connectivity index (χ1v) is 8.18. The van der Waals surface area contributed by atoms with E-state index in [-0.39, 0.29) is 17.9 Å². The van der Waals surface area contributed by atoms with Gasteiger partial charge in [0.25, 0.3) is 0 Å². The van der Waals surface area contributed by atoms with Crippen molar-refractivity contribution in [1.29, 1.82) is 0 Å². The molecule has 0 radical (unpaired) electrons. The van der Waals surface area contributed by atoms with E-state index in [1.165, 1.54) is 0 Å². The molecule has 22 heavy (non-hydrogen) atoms. The lowest BCUT2D eigenvalue weighted by Gasteiger charge is -2.62. The Labute approximate surface area is 134 Å². The number of hydrogen-bond donors (Lipinski definition) is 3. The van der Waals surface area contributed by atoms with Gasteiger partial charge in [-0.25, -0.2) is 4.98 Å². The minimum absolute atomic E-state index is 0.0597. The van der Waals surface area contributed by atoms with Gasteiger partial charge in [-0.05, 0) is 56.1 Å². The maximum Gasteiger partial charge on any atom is 0.225 e. The van der Waals surface area contributed by atoms with Gasteiger partial charge in [-0.3, -0.25) is 4.79 Å². The van der Waals surface area contributed by atoms with Crippen molar-refractivity contribution in [2.45, 2.75) is 43.7 Å². The van der Waals surface area contributed by atoms with Crippen molar-refractivity contribution in [2.75, 3.05) is 5.32 Å². The van der Waals surface area contributed by atoms with Crippen LogP contribution in [-0.4, -0.2) is 27.6 Å². The Bertz CT molecular complexity index is 622. The first-order chi connectivity index (χ1) is 10.4. The van der Waals surface area contributed by atoms with E-state index >= 15 is 0 Å². The molecular formula is C16H20ClN3O2. The van der Waals surface area contributed by atoms with E-state index in [9.17, 15) is 9.90 Å². The van der Waals surface area contributed by atoms with E-state index in [0.29, 0.717) is 23.2 Å². The van der Waals surface area contributed by atoms with Crippen molar-refractivity contribution in [3.8, 4) is 0 Å². The fourth-order valence-electron chi connectivity index (χ4n) is 5.34. The van der Waals surface area contributed by atoms with Crippen molar-refractivity contribution in [3.05, 3.63) is 23.4 Å². The molecule has 1 aromatic heterocycles. The molecule has 0 aliphatic heterocycles. The third-order valence-electron chi connectivity index (χ3n) is 5.83. The van der Waals surface area contributed by atoms with Crippen molar-refractivity contribution in [1.82, 2.24) is 4.98 Å². The lowest BCUT2D eigenvalue weighted by Crippen LogP contribution is -2.68. The predicted octanol–water partition coefficient (Wildman–Crippen LogP) is 1.94. The highest BCUT2D eigenvalue weighted by atomic mass is 35.5. The molecule has 5 unspecified atom stereocenters. The summed E-state index contributed by atoms with van der Waals surface area (Å²) < 4.78 is 0. The maximum atomic E-state index is 12.3. The predicted molar refractivity (Wildman–Crippen MR) is 83.3 cm³/mol. The molecule has 4 N–H and O–H groups in total. The fourth-order valence-corrected chi connectivity index (χ4v) is 5.45. The standard InChI is InChI=1S/C16H20ClN3O2/c17-11-1-2-12(19-7-11)20-13-10-3-9-4-15(22,6-10)8-16(13,5-9)14(18)21/h1-2,7,9-10,13,22H,3-6,8H2,(H2,18,21)(H,19,20). The van der Waals surface area contributed by atoms with Gasteiger partial charge in [0.05, 0.1) is 16.0 Å². The van der Waals surface area contributed by atoms with Crippen LogP contribution in [0.5, 0.6) is 0 Å². The van der Waals surface area contributed by atoms with E-state index in [2.05, 4.69) is 10.3 Å². The third-order valence-corrected chi connectivity index (χ3v) is 6.06. The van der Waals surface area contributed by atoms with E-state index < -0.39 is 11.0 Å². The number of aromatic nitrogens is 1. The number of carbonyl (C=O) groups is 1. The van der Waals surface area contributed by atoms with E-state index in [1.54, 1.807) is 12.3 Å². The zero-order valence-electron chi connectivity index (χ0n) is 12.3. The second-order valence-corrected chi connectivity index (χ2v) is 7.82. The fraction of sp³-hybridized carbons (Fsp3) is 0.625. The molecule has 5 rings (SSSR count). The zero-order chi connectivity index (χ0) is 15.5. The zero-order valence-corrected chi connectivity index (χ0v) is 13.0. The van der Waals surface area contributed by atoms with Gasteiger partial charge < -0.3 is 16.2 Å². The number of primary amides is 1. The summed E-state index contributed by atoms with van der Waals surface area (Å²) >= 11 is 5.87. The Balaban J connectivity index is 1.69. The van der Waals surface area contributed by atoms with Crippen LogP contribution in [-0.2, 0) is 4.79 Å². The Morgan fingerprint density at radius 3 is 2.86 bits per heavy atom. The molecule has 4 aliphatic carbocycles. The molecule has 1 heterocycles. The molecule has 0 saturated heterocycles. The van der Waals surface area contributed by atoms with Crippen molar-refractivity contribution in [2.24, 2.45) is 23.0 Å². The molecule has 4 saturated carbocycles. The Hall–Kier alpha value is -1.33. The summed E-state index contributed by atoms with van der Waals surface area (Å²) in [6.07, 6.45) is 5.42. The highest BCUT2D eigenvalue weighted by Crippen LogP contribution is 2.62. The van der Waals surface area contributed by atoms with Crippen LogP contribution in [0.25, 0.3) is 0 Å². The molecule has 5 atom stereocenters. The smallest absolute Gasteiger partial charge is 0.225 e. The molecule has 1 aromatic rings. The second kappa shape index (κ2) is 4.59. The number of amides is 1. The maximum absolute atomic E-state index is 12.3. The number of carbonyl (C=O) groups excluding carboxylic acids is 1. The first kappa shape index (κ1) is 14.3. The van der Waals surface area contributed by atoms with Gasteiger partial charge >= 0.3 is 0 Å². The molecular weight excluding hydrogens is 302 g/mol. The topological polar surface area (TPSA) is 88.2 Å². The Morgan fingerprint density at radius 2 is 2.23 bits per heavy atom. The summed E-state index contributed by atoms with van der Waals surface area (Å²) in [4.78, 5) is 16.6. The van der Waals surface area contributed by atoms with Crippen LogP contribution < -0.4 is 11.1 Å². The number of hydrogen-bond acceptors (Lipinski definition) is 4. The van der Waals surface area contributed by atoms with Crippen LogP contribution in [0.2, 0.25) is 5.02 Å². The Kier molecular flexibility index (Phi) is 2.97. The van der Waals surface area contributed by atoms with Gasteiger partial charge in [0.2, 0.25) is 5.91 Å². The molecule has 4 fully saturated rings. The molecule has 5 nitrogen and oxygen atoms in total. The molecule has 0 spiro atoms. The van der Waals surface area contributed by atoms with Gasteiger partial charge in [-0.1, -0.05) is 11.6 Å². The summed E-state index contributed by atoms with van der Waals surface area (Å²) in [6, 6.07) is 3.53. The molecule has 4 bridgehead atoms. The number of halogens is 1.